The molecule has 21 heavy (non-hydrogen) atoms. The van der Waals surface area contributed by atoms with Gasteiger partial charge in [0.2, 0.25) is 5.91 Å². The molecule has 1 aromatic rings. The average Bonchev–Trinajstić information content (AvgIpc) is 2.44. The molecule has 0 saturated carbocycles. The van der Waals surface area contributed by atoms with Gasteiger partial charge >= 0.3 is 5.97 Å². The molecule has 0 heterocycles. The minimum Gasteiger partial charge on any atom is -0.480 e. The van der Waals surface area contributed by atoms with Crippen LogP contribution in [0.15, 0.2) is 30.3 Å². The highest BCUT2D eigenvalue weighted by molar-refractivity contribution is 5.84. The molecule has 0 aliphatic rings. The highest BCUT2D eigenvalue weighted by Crippen LogP contribution is 2.12. The molecule has 0 saturated heterocycles. The van der Waals surface area contributed by atoms with Gasteiger partial charge in [-0.3, -0.25) is 4.79 Å². The summed E-state index contributed by atoms with van der Waals surface area (Å²) in [6.07, 6.45) is 2.61. The van der Waals surface area contributed by atoms with E-state index in [1.54, 1.807) is 13.8 Å². The summed E-state index contributed by atoms with van der Waals surface area (Å²) in [6.45, 7) is 5.43. The third-order valence-corrected chi connectivity index (χ3v) is 3.62. The summed E-state index contributed by atoms with van der Waals surface area (Å²) in [5.74, 6) is -1.45. The molecule has 0 spiro atoms. The number of nitrogens with one attached hydrogen (secondary N) is 1. The molecule has 0 radical (unpaired) electrons. The van der Waals surface area contributed by atoms with Crippen molar-refractivity contribution in [3.05, 3.63) is 35.9 Å². The summed E-state index contributed by atoms with van der Waals surface area (Å²) in [6, 6.07) is 9.33. The van der Waals surface area contributed by atoms with E-state index in [1.807, 2.05) is 25.1 Å². The Labute approximate surface area is 126 Å². The summed E-state index contributed by atoms with van der Waals surface area (Å²) in [5.41, 5.74) is 1.26. The Morgan fingerprint density at radius 1 is 1.14 bits per heavy atom. The maximum absolute atomic E-state index is 12.0. The molecule has 0 bridgehead atoms. The van der Waals surface area contributed by atoms with Gasteiger partial charge in [0.05, 0.1) is 0 Å². The molecule has 0 aliphatic heterocycles. The zero-order valence-corrected chi connectivity index (χ0v) is 13.0. The van der Waals surface area contributed by atoms with Crippen molar-refractivity contribution in [2.45, 2.75) is 46.1 Å². The van der Waals surface area contributed by atoms with Gasteiger partial charge in [-0.05, 0) is 30.7 Å². The number of benzene rings is 1. The van der Waals surface area contributed by atoms with Crippen molar-refractivity contribution in [3.63, 3.8) is 0 Å². The zero-order valence-electron chi connectivity index (χ0n) is 13.0. The number of aliphatic carboxylic acids is 1. The summed E-state index contributed by atoms with van der Waals surface area (Å²) in [7, 11) is 0. The molecule has 4 nitrogen and oxygen atoms in total. The molecule has 2 atom stereocenters. The first kappa shape index (κ1) is 17.2. The van der Waals surface area contributed by atoms with Crippen molar-refractivity contribution in [2.75, 3.05) is 0 Å². The molecule has 2 N–H and O–H groups in total. The molecular weight excluding hydrogens is 266 g/mol. The van der Waals surface area contributed by atoms with E-state index in [0.29, 0.717) is 0 Å². The lowest BCUT2D eigenvalue weighted by atomic mass is 9.98. The van der Waals surface area contributed by atoms with E-state index in [9.17, 15) is 9.59 Å². The molecule has 116 valence electrons. The number of carbonyl (C=O) groups excluding carboxylic acids is 1. The fraction of sp³-hybridized carbons (Fsp3) is 0.529. The third-order valence-electron chi connectivity index (χ3n) is 3.62. The predicted octanol–water partition coefficient (Wildman–Crippen LogP) is 2.87. The second kappa shape index (κ2) is 8.45. The normalized spacial score (nSPS) is 13.7. The van der Waals surface area contributed by atoms with E-state index >= 15 is 0 Å². The van der Waals surface area contributed by atoms with Crippen LogP contribution in [0.3, 0.4) is 0 Å². The zero-order chi connectivity index (χ0) is 15.8. The van der Waals surface area contributed by atoms with Gasteiger partial charge in [-0.25, -0.2) is 4.79 Å². The highest BCUT2D eigenvalue weighted by Gasteiger charge is 2.25. The van der Waals surface area contributed by atoms with Gasteiger partial charge in [0.1, 0.15) is 6.04 Å². The van der Waals surface area contributed by atoms with E-state index in [-0.39, 0.29) is 17.7 Å². The van der Waals surface area contributed by atoms with Gasteiger partial charge < -0.3 is 10.4 Å². The Kier molecular flexibility index (Phi) is 6.92. The van der Waals surface area contributed by atoms with Crippen LogP contribution in [0.4, 0.5) is 0 Å². The number of hydrogen-bond acceptors (Lipinski definition) is 2. The SMILES string of the molecule is CC(CCCc1ccccc1)C(=O)N[C@H](C(=O)O)C(C)C. The predicted molar refractivity (Wildman–Crippen MR) is 82.9 cm³/mol. The van der Waals surface area contributed by atoms with Crippen LogP contribution in [0.1, 0.15) is 39.2 Å². The van der Waals surface area contributed by atoms with Crippen molar-refractivity contribution in [1.29, 1.82) is 0 Å². The van der Waals surface area contributed by atoms with Crippen molar-refractivity contribution >= 4 is 11.9 Å². The number of amides is 1. The van der Waals surface area contributed by atoms with E-state index in [1.165, 1.54) is 5.56 Å². The first-order chi connectivity index (χ1) is 9.91. The molecule has 4 heteroatoms. The number of hydrogen-bond donors (Lipinski definition) is 2. The van der Waals surface area contributed by atoms with Crippen molar-refractivity contribution in [2.24, 2.45) is 11.8 Å². The van der Waals surface area contributed by atoms with Crippen LogP contribution in [0, 0.1) is 11.8 Å². The minimum absolute atomic E-state index is 0.122. The molecule has 0 aromatic heterocycles. The van der Waals surface area contributed by atoms with Crippen molar-refractivity contribution in [3.8, 4) is 0 Å². The Balaban J connectivity index is 2.39. The molecule has 1 aromatic carbocycles. The van der Waals surface area contributed by atoms with E-state index in [2.05, 4.69) is 17.4 Å². The van der Waals surface area contributed by atoms with Crippen molar-refractivity contribution < 1.29 is 14.7 Å². The Morgan fingerprint density at radius 2 is 1.76 bits per heavy atom. The first-order valence-corrected chi connectivity index (χ1v) is 7.49. The maximum Gasteiger partial charge on any atom is 0.326 e. The lowest BCUT2D eigenvalue weighted by Crippen LogP contribution is -2.46. The van der Waals surface area contributed by atoms with Gasteiger partial charge in [0.15, 0.2) is 0 Å². The second-order valence-electron chi connectivity index (χ2n) is 5.85. The summed E-state index contributed by atoms with van der Waals surface area (Å²) in [5, 5.41) is 11.7. The van der Waals surface area contributed by atoms with E-state index in [4.69, 9.17) is 5.11 Å². The number of aryl methyl sites for hydroxylation is 1. The highest BCUT2D eigenvalue weighted by atomic mass is 16.4. The third kappa shape index (κ3) is 5.98. The second-order valence-corrected chi connectivity index (χ2v) is 5.85. The molecule has 1 unspecified atom stereocenters. The summed E-state index contributed by atoms with van der Waals surface area (Å²) in [4.78, 5) is 23.1. The van der Waals surface area contributed by atoms with Crippen LogP contribution in [-0.4, -0.2) is 23.0 Å². The standard InChI is InChI=1S/C17H25NO3/c1-12(2)15(17(20)21)18-16(19)13(3)8-7-11-14-9-5-4-6-10-14/h4-6,9-10,12-13,15H,7-8,11H2,1-3H3,(H,18,19)(H,20,21)/t13?,15-/m0/s1. The number of carbonyl (C=O) groups is 2. The summed E-state index contributed by atoms with van der Waals surface area (Å²) >= 11 is 0. The number of rotatable bonds is 8. The van der Waals surface area contributed by atoms with Crippen LogP contribution >= 0.6 is 0 Å². The van der Waals surface area contributed by atoms with Crippen molar-refractivity contribution in [1.82, 2.24) is 5.32 Å². The summed E-state index contributed by atoms with van der Waals surface area (Å²) < 4.78 is 0. The monoisotopic (exact) mass is 291 g/mol. The quantitative estimate of drug-likeness (QED) is 0.774. The van der Waals surface area contributed by atoms with Gasteiger partial charge in [-0.1, -0.05) is 51.1 Å². The average molecular weight is 291 g/mol. The van der Waals surface area contributed by atoms with Crippen LogP contribution < -0.4 is 5.32 Å². The fourth-order valence-electron chi connectivity index (χ4n) is 2.20. The Hall–Kier alpha value is -1.84. The van der Waals surface area contributed by atoms with Gasteiger partial charge in [-0.15, -0.1) is 0 Å². The van der Waals surface area contributed by atoms with E-state index < -0.39 is 12.0 Å². The Morgan fingerprint density at radius 3 is 2.29 bits per heavy atom. The van der Waals surface area contributed by atoms with Gasteiger partial charge in [0.25, 0.3) is 0 Å². The Bertz CT molecular complexity index is 456. The molecule has 0 fully saturated rings. The van der Waals surface area contributed by atoms with Crippen LogP contribution in [0.5, 0.6) is 0 Å². The fourth-order valence-corrected chi connectivity index (χ4v) is 2.20. The van der Waals surface area contributed by atoms with Crippen LogP contribution in [-0.2, 0) is 16.0 Å². The molecule has 1 amide bonds. The molecule has 1 rings (SSSR count). The number of carboxylic acid groups (broad SMARTS) is 1. The maximum atomic E-state index is 12.0. The first-order valence-electron chi connectivity index (χ1n) is 7.49. The minimum atomic E-state index is -0.977. The largest absolute Gasteiger partial charge is 0.480 e. The lowest BCUT2D eigenvalue weighted by Gasteiger charge is -2.20. The van der Waals surface area contributed by atoms with Gasteiger partial charge in [-0.2, -0.15) is 0 Å². The molecular formula is C17H25NO3. The van der Waals surface area contributed by atoms with Crippen LogP contribution in [0.25, 0.3) is 0 Å². The lowest BCUT2D eigenvalue weighted by molar-refractivity contribution is -0.143. The topological polar surface area (TPSA) is 66.4 Å². The molecule has 0 aliphatic carbocycles. The number of carboxylic acids is 1. The van der Waals surface area contributed by atoms with E-state index in [0.717, 1.165) is 19.3 Å². The van der Waals surface area contributed by atoms with Crippen LogP contribution in [0.2, 0.25) is 0 Å². The smallest absolute Gasteiger partial charge is 0.326 e. The van der Waals surface area contributed by atoms with Gasteiger partial charge in [0, 0.05) is 5.92 Å².